The Morgan fingerprint density at radius 1 is 0.875 bits per heavy atom. The summed E-state index contributed by atoms with van der Waals surface area (Å²) >= 11 is 11.4. The number of hydrogen-bond donors (Lipinski definition) is 0. The molecular weight excluding hydrogens is 143 g/mol. The average Bonchev–Trinajstić information content (AvgIpc) is 1.77. The second-order valence-electron chi connectivity index (χ2n) is 1.66. The lowest BCUT2D eigenvalue weighted by atomic mass is 10.2. The van der Waals surface area contributed by atoms with E-state index in [9.17, 15) is 0 Å². The molecule has 1 aliphatic rings. The maximum Gasteiger partial charge on any atom is 0.0718 e. The molecule has 0 radical (unpaired) electrons. The van der Waals surface area contributed by atoms with Gasteiger partial charge in [0.1, 0.15) is 0 Å². The maximum atomic E-state index is 5.70. The molecule has 0 aliphatic heterocycles. The summed E-state index contributed by atoms with van der Waals surface area (Å²) in [7, 11) is 0. The molecule has 0 spiro atoms. The van der Waals surface area contributed by atoms with Gasteiger partial charge in [0, 0.05) is 0 Å². The first-order chi connectivity index (χ1) is 3.80. The van der Waals surface area contributed by atoms with Crippen molar-refractivity contribution in [1.82, 2.24) is 0 Å². The van der Waals surface area contributed by atoms with Crippen molar-refractivity contribution in [1.29, 1.82) is 0 Å². The summed E-state index contributed by atoms with van der Waals surface area (Å²) in [6.45, 7) is 0. The first-order valence-electron chi connectivity index (χ1n) is 2.44. The molecule has 0 bridgehead atoms. The zero-order chi connectivity index (χ0) is 5.98. The van der Waals surface area contributed by atoms with Gasteiger partial charge in [-0.05, 0) is 0 Å². The van der Waals surface area contributed by atoms with Gasteiger partial charge in [-0.25, -0.2) is 0 Å². The van der Waals surface area contributed by atoms with Crippen molar-refractivity contribution in [3.63, 3.8) is 0 Å². The van der Waals surface area contributed by atoms with Crippen LogP contribution in [0.5, 0.6) is 0 Å². The van der Waals surface area contributed by atoms with Crippen LogP contribution in [0.2, 0.25) is 0 Å². The van der Waals surface area contributed by atoms with Crippen LogP contribution in [0.15, 0.2) is 24.3 Å². The van der Waals surface area contributed by atoms with Crippen molar-refractivity contribution in [3.05, 3.63) is 24.3 Å². The molecule has 0 N–H and O–H groups in total. The number of rotatable bonds is 0. The normalized spacial score (nSPS) is 35.8. The second-order valence-corrected chi connectivity index (χ2v) is 2.67. The van der Waals surface area contributed by atoms with Crippen molar-refractivity contribution < 1.29 is 0 Å². The summed E-state index contributed by atoms with van der Waals surface area (Å²) in [6, 6.07) is 0. The Bertz CT molecular complexity index is 110. The number of halogens is 2. The molecule has 1 rings (SSSR count). The lowest BCUT2D eigenvalue weighted by Gasteiger charge is -2.09. The third kappa shape index (κ3) is 1.27. The molecule has 0 aromatic rings. The van der Waals surface area contributed by atoms with Crippen LogP contribution in [-0.4, -0.2) is 10.8 Å². The van der Waals surface area contributed by atoms with E-state index in [1.165, 1.54) is 0 Å². The van der Waals surface area contributed by atoms with Gasteiger partial charge in [-0.3, -0.25) is 0 Å². The fourth-order valence-electron chi connectivity index (χ4n) is 0.553. The average molecular weight is 149 g/mol. The molecule has 0 saturated carbocycles. The van der Waals surface area contributed by atoms with E-state index in [4.69, 9.17) is 23.2 Å². The Hall–Kier alpha value is 0.0600. The SMILES string of the molecule is ClC1C=CC=CC1Cl. The minimum atomic E-state index is -0.0262. The molecule has 0 aromatic carbocycles. The molecule has 0 nitrogen and oxygen atoms in total. The van der Waals surface area contributed by atoms with Crippen molar-refractivity contribution in [2.24, 2.45) is 0 Å². The van der Waals surface area contributed by atoms with Crippen LogP contribution in [0.25, 0.3) is 0 Å². The van der Waals surface area contributed by atoms with Gasteiger partial charge < -0.3 is 0 Å². The van der Waals surface area contributed by atoms with E-state index in [0.29, 0.717) is 0 Å². The van der Waals surface area contributed by atoms with Gasteiger partial charge >= 0.3 is 0 Å². The minimum absolute atomic E-state index is 0.0262. The summed E-state index contributed by atoms with van der Waals surface area (Å²) < 4.78 is 0. The fraction of sp³-hybridized carbons (Fsp3) is 0.333. The predicted octanol–water partition coefficient (Wildman–Crippen LogP) is 2.33. The van der Waals surface area contributed by atoms with Crippen molar-refractivity contribution in [2.45, 2.75) is 10.8 Å². The molecule has 0 saturated heterocycles. The maximum absolute atomic E-state index is 5.70. The first-order valence-corrected chi connectivity index (χ1v) is 3.31. The van der Waals surface area contributed by atoms with Gasteiger partial charge in [0.05, 0.1) is 10.8 Å². The highest BCUT2D eigenvalue weighted by Gasteiger charge is 2.10. The third-order valence-electron chi connectivity index (χ3n) is 1.01. The lowest BCUT2D eigenvalue weighted by molar-refractivity contribution is 1.05. The molecule has 0 heterocycles. The van der Waals surface area contributed by atoms with Crippen LogP contribution < -0.4 is 0 Å². The van der Waals surface area contributed by atoms with Crippen LogP contribution in [-0.2, 0) is 0 Å². The zero-order valence-corrected chi connectivity index (χ0v) is 5.73. The number of hydrogen-bond acceptors (Lipinski definition) is 0. The molecule has 2 unspecified atom stereocenters. The number of alkyl halides is 2. The van der Waals surface area contributed by atoms with Gasteiger partial charge in [0.25, 0.3) is 0 Å². The highest BCUT2D eigenvalue weighted by atomic mass is 35.5. The third-order valence-corrected chi connectivity index (χ3v) is 1.97. The molecule has 0 aromatic heterocycles. The topological polar surface area (TPSA) is 0 Å². The summed E-state index contributed by atoms with van der Waals surface area (Å²) in [5, 5.41) is -0.0525. The Morgan fingerprint density at radius 2 is 1.25 bits per heavy atom. The van der Waals surface area contributed by atoms with E-state index in [0.717, 1.165) is 0 Å². The first kappa shape index (κ1) is 6.18. The Kier molecular flexibility index (Phi) is 1.98. The van der Waals surface area contributed by atoms with E-state index in [-0.39, 0.29) is 10.8 Å². The summed E-state index contributed by atoms with van der Waals surface area (Å²) in [5.41, 5.74) is 0. The standard InChI is InChI=1S/C6H6Cl2/c7-5-3-1-2-4-6(5)8/h1-6H. The van der Waals surface area contributed by atoms with Gasteiger partial charge in [-0.1, -0.05) is 24.3 Å². The molecule has 44 valence electrons. The molecule has 0 fully saturated rings. The van der Waals surface area contributed by atoms with Gasteiger partial charge in [-0.15, -0.1) is 23.2 Å². The van der Waals surface area contributed by atoms with Crippen LogP contribution in [0.3, 0.4) is 0 Å². The fourth-order valence-corrected chi connectivity index (χ4v) is 0.889. The van der Waals surface area contributed by atoms with Crippen molar-refractivity contribution in [2.75, 3.05) is 0 Å². The lowest BCUT2D eigenvalue weighted by Crippen LogP contribution is -2.10. The zero-order valence-electron chi connectivity index (χ0n) is 4.22. The highest BCUT2D eigenvalue weighted by Crippen LogP contribution is 2.15. The van der Waals surface area contributed by atoms with E-state index < -0.39 is 0 Å². The van der Waals surface area contributed by atoms with E-state index in [1.54, 1.807) is 0 Å². The summed E-state index contributed by atoms with van der Waals surface area (Å²) in [6.07, 6.45) is 7.55. The Balaban J connectivity index is 2.59. The van der Waals surface area contributed by atoms with E-state index in [1.807, 2.05) is 24.3 Å². The van der Waals surface area contributed by atoms with Crippen LogP contribution in [0, 0.1) is 0 Å². The summed E-state index contributed by atoms with van der Waals surface area (Å²) in [5.74, 6) is 0. The minimum Gasteiger partial charge on any atom is -0.116 e. The van der Waals surface area contributed by atoms with Crippen LogP contribution in [0.1, 0.15) is 0 Å². The largest absolute Gasteiger partial charge is 0.116 e. The highest BCUT2D eigenvalue weighted by molar-refractivity contribution is 6.31. The molecule has 8 heavy (non-hydrogen) atoms. The van der Waals surface area contributed by atoms with Gasteiger partial charge in [0.2, 0.25) is 0 Å². The quantitative estimate of drug-likeness (QED) is 0.463. The van der Waals surface area contributed by atoms with Gasteiger partial charge in [-0.2, -0.15) is 0 Å². The molecule has 0 amide bonds. The predicted molar refractivity (Wildman–Crippen MR) is 37.6 cm³/mol. The number of allylic oxidation sites excluding steroid dienone is 4. The Labute approximate surface area is 58.8 Å². The van der Waals surface area contributed by atoms with E-state index >= 15 is 0 Å². The molecule has 2 heteroatoms. The Morgan fingerprint density at radius 3 is 1.50 bits per heavy atom. The smallest absolute Gasteiger partial charge is 0.0718 e. The van der Waals surface area contributed by atoms with Crippen LogP contribution in [0.4, 0.5) is 0 Å². The van der Waals surface area contributed by atoms with Gasteiger partial charge in [0.15, 0.2) is 0 Å². The van der Waals surface area contributed by atoms with Crippen LogP contribution >= 0.6 is 23.2 Å². The van der Waals surface area contributed by atoms with E-state index in [2.05, 4.69) is 0 Å². The molecular formula is C6H6Cl2. The molecule has 1 aliphatic carbocycles. The molecule has 2 atom stereocenters. The second kappa shape index (κ2) is 2.56. The van der Waals surface area contributed by atoms with Crippen molar-refractivity contribution >= 4 is 23.2 Å². The monoisotopic (exact) mass is 148 g/mol. The summed E-state index contributed by atoms with van der Waals surface area (Å²) in [4.78, 5) is 0. The van der Waals surface area contributed by atoms with Crippen molar-refractivity contribution in [3.8, 4) is 0 Å².